The van der Waals surface area contributed by atoms with Gasteiger partial charge < -0.3 is 24.3 Å². The lowest BCUT2D eigenvalue weighted by Gasteiger charge is -2.26. The number of morpholine rings is 1. The van der Waals surface area contributed by atoms with Crippen LogP contribution in [0.25, 0.3) is 10.9 Å². The summed E-state index contributed by atoms with van der Waals surface area (Å²) in [6, 6.07) is 13.2. The van der Waals surface area contributed by atoms with Crippen LogP contribution in [0.15, 0.2) is 66.9 Å². The number of amides is 4. The molecule has 1 aromatic heterocycles. The van der Waals surface area contributed by atoms with Gasteiger partial charge >= 0.3 is 12.1 Å². The molecule has 11 nitrogen and oxygen atoms in total. The van der Waals surface area contributed by atoms with Gasteiger partial charge in [0.15, 0.2) is 23.1 Å². The molecule has 0 unspecified atom stereocenters. The van der Waals surface area contributed by atoms with Crippen LogP contribution < -0.4 is 24.4 Å². The van der Waals surface area contributed by atoms with E-state index in [4.69, 9.17) is 18.9 Å². The average molecular weight is 634 g/mol. The van der Waals surface area contributed by atoms with Gasteiger partial charge in [0, 0.05) is 61.3 Å². The molecule has 240 valence electrons. The first-order chi connectivity index (χ1) is 22.4. The maximum Gasteiger partial charge on any atom is 0.332 e. The van der Waals surface area contributed by atoms with Crippen molar-refractivity contribution < 1.29 is 37.3 Å². The highest BCUT2D eigenvalue weighted by Gasteiger charge is 2.34. The minimum atomic E-state index is -0.725. The van der Waals surface area contributed by atoms with E-state index in [1.807, 2.05) is 0 Å². The molecule has 2 fully saturated rings. The van der Waals surface area contributed by atoms with Crippen molar-refractivity contribution in [2.75, 3.05) is 69.9 Å². The summed E-state index contributed by atoms with van der Waals surface area (Å²) < 4.78 is 51.5. The molecule has 0 radical (unpaired) electrons. The van der Waals surface area contributed by atoms with Crippen molar-refractivity contribution >= 4 is 34.3 Å². The first-order valence-corrected chi connectivity index (χ1v) is 14.9. The number of pyridine rings is 1. The summed E-state index contributed by atoms with van der Waals surface area (Å²) in [7, 11) is 1.55. The smallest absolute Gasteiger partial charge is 0.332 e. The number of methoxy groups -OCH3 is 1. The van der Waals surface area contributed by atoms with E-state index in [-0.39, 0.29) is 24.5 Å². The van der Waals surface area contributed by atoms with Crippen molar-refractivity contribution in [2.24, 2.45) is 0 Å². The number of carbonyl (C=O) groups excluding carboxylic acids is 2. The summed E-state index contributed by atoms with van der Waals surface area (Å²) in [6.45, 7) is 5.03. The van der Waals surface area contributed by atoms with Crippen LogP contribution >= 0.6 is 0 Å². The lowest BCUT2D eigenvalue weighted by atomic mass is 10.1. The predicted molar refractivity (Wildman–Crippen MR) is 167 cm³/mol. The molecule has 3 aromatic carbocycles. The molecular formula is C33H33F2N5O6. The molecule has 0 saturated carbocycles. The summed E-state index contributed by atoms with van der Waals surface area (Å²) in [4.78, 5) is 34.8. The standard InChI is InChI=1S/C33H33F2N5O6/c1-43-30-21-27-25(20-31(30)45-16-2-11-38-14-17-44-18-15-38)28(9-10-36-27)46-29-8-5-23(19-26(29)35)37-32(41)40-13-12-39(33(40)42)24-6-3-22(34)4-7-24/h3-10,19-21H,2,11-18H2,1H3,(H,37,41). The SMILES string of the molecule is COc1cc2nccc(Oc3ccc(NC(=O)N4CCN(c5ccc(F)cc5)C4=O)cc3F)c2cc1OCCCN1CCOCC1. The number of carbonyl (C=O) groups is 2. The van der Waals surface area contributed by atoms with Gasteiger partial charge in [-0.25, -0.2) is 23.3 Å². The Kier molecular flexibility index (Phi) is 9.41. The average Bonchev–Trinajstić information content (AvgIpc) is 3.46. The summed E-state index contributed by atoms with van der Waals surface area (Å²) in [5.74, 6) is 0.159. The number of hydrogen-bond donors (Lipinski definition) is 1. The van der Waals surface area contributed by atoms with Crippen molar-refractivity contribution in [1.29, 1.82) is 0 Å². The van der Waals surface area contributed by atoms with Gasteiger partial charge in [0.05, 0.1) is 39.0 Å². The maximum atomic E-state index is 15.2. The number of anilines is 2. The topological polar surface area (TPSA) is 106 Å². The van der Waals surface area contributed by atoms with Crippen molar-refractivity contribution in [2.45, 2.75) is 6.42 Å². The Hall–Kier alpha value is -5.01. The summed E-state index contributed by atoms with van der Waals surface area (Å²) in [5, 5.41) is 3.16. The second-order valence-corrected chi connectivity index (χ2v) is 10.7. The van der Waals surface area contributed by atoms with Crippen molar-refractivity contribution in [3.63, 3.8) is 0 Å². The lowest BCUT2D eigenvalue weighted by Crippen LogP contribution is -2.39. The first kappa shape index (κ1) is 31.0. The zero-order valence-corrected chi connectivity index (χ0v) is 25.2. The number of fused-ring (bicyclic) bond motifs is 1. The number of rotatable bonds is 10. The van der Waals surface area contributed by atoms with Gasteiger partial charge in [-0.15, -0.1) is 0 Å². The number of imide groups is 1. The van der Waals surface area contributed by atoms with Crippen LogP contribution in [-0.4, -0.2) is 86.5 Å². The number of benzene rings is 3. The molecule has 4 amide bonds. The monoisotopic (exact) mass is 633 g/mol. The van der Waals surface area contributed by atoms with Crippen LogP contribution in [0.3, 0.4) is 0 Å². The number of aromatic nitrogens is 1. The van der Waals surface area contributed by atoms with E-state index in [1.165, 1.54) is 41.3 Å². The van der Waals surface area contributed by atoms with E-state index in [1.54, 1.807) is 31.5 Å². The van der Waals surface area contributed by atoms with Crippen LogP contribution in [-0.2, 0) is 4.74 Å². The molecule has 2 aliphatic rings. The quantitative estimate of drug-likeness (QED) is 0.216. The third kappa shape index (κ3) is 6.95. The molecule has 0 atom stereocenters. The first-order valence-electron chi connectivity index (χ1n) is 14.9. The van der Waals surface area contributed by atoms with E-state index in [0.29, 0.717) is 40.4 Å². The maximum absolute atomic E-state index is 15.2. The number of nitrogens with one attached hydrogen (secondary N) is 1. The third-order valence-electron chi connectivity index (χ3n) is 7.76. The summed E-state index contributed by atoms with van der Waals surface area (Å²) in [5.41, 5.74) is 1.18. The lowest BCUT2D eigenvalue weighted by molar-refractivity contribution is 0.0357. The highest BCUT2D eigenvalue weighted by Crippen LogP contribution is 2.38. The summed E-state index contributed by atoms with van der Waals surface area (Å²) in [6.07, 6.45) is 2.37. The third-order valence-corrected chi connectivity index (χ3v) is 7.76. The number of nitrogens with zero attached hydrogens (tertiary/aromatic N) is 4. The van der Waals surface area contributed by atoms with Gasteiger partial charge in [-0.1, -0.05) is 0 Å². The molecule has 6 rings (SSSR count). The minimum absolute atomic E-state index is 0.0750. The molecule has 1 N–H and O–H groups in total. The Morgan fingerprint density at radius 2 is 1.74 bits per heavy atom. The van der Waals surface area contributed by atoms with Crippen molar-refractivity contribution in [3.05, 3.63) is 78.5 Å². The number of halogens is 2. The van der Waals surface area contributed by atoms with Gasteiger partial charge in [0.1, 0.15) is 11.6 Å². The van der Waals surface area contributed by atoms with E-state index in [2.05, 4.69) is 15.2 Å². The fourth-order valence-corrected chi connectivity index (χ4v) is 5.34. The summed E-state index contributed by atoms with van der Waals surface area (Å²) >= 11 is 0. The fraction of sp³-hybridized carbons (Fsp3) is 0.303. The zero-order valence-electron chi connectivity index (χ0n) is 25.2. The zero-order chi connectivity index (χ0) is 32.0. The Morgan fingerprint density at radius 1 is 0.935 bits per heavy atom. The largest absolute Gasteiger partial charge is 0.493 e. The Bertz CT molecular complexity index is 1720. The van der Waals surface area contributed by atoms with Crippen LogP contribution in [0.1, 0.15) is 6.42 Å². The molecule has 0 spiro atoms. The molecule has 3 heterocycles. The Balaban J connectivity index is 1.11. The van der Waals surface area contributed by atoms with Crippen LogP contribution in [0, 0.1) is 11.6 Å². The predicted octanol–water partition coefficient (Wildman–Crippen LogP) is 5.89. The molecule has 2 aliphatic heterocycles. The van der Waals surface area contributed by atoms with Crippen molar-refractivity contribution in [1.82, 2.24) is 14.8 Å². The van der Waals surface area contributed by atoms with Crippen LogP contribution in [0.5, 0.6) is 23.0 Å². The van der Waals surface area contributed by atoms with Gasteiger partial charge in [0.25, 0.3) is 0 Å². The Morgan fingerprint density at radius 3 is 2.50 bits per heavy atom. The van der Waals surface area contributed by atoms with E-state index in [9.17, 15) is 14.0 Å². The minimum Gasteiger partial charge on any atom is -0.493 e. The fourth-order valence-electron chi connectivity index (χ4n) is 5.34. The number of urea groups is 2. The van der Waals surface area contributed by atoms with E-state index < -0.39 is 23.7 Å². The molecule has 0 aliphatic carbocycles. The van der Waals surface area contributed by atoms with Gasteiger partial charge in [-0.05, 0) is 55.0 Å². The molecule has 46 heavy (non-hydrogen) atoms. The van der Waals surface area contributed by atoms with E-state index >= 15 is 4.39 Å². The van der Waals surface area contributed by atoms with Crippen molar-refractivity contribution in [3.8, 4) is 23.0 Å². The van der Waals surface area contributed by atoms with Crippen LogP contribution in [0.4, 0.5) is 29.7 Å². The molecule has 0 bridgehead atoms. The van der Waals surface area contributed by atoms with Crippen LogP contribution in [0.2, 0.25) is 0 Å². The van der Waals surface area contributed by atoms with Gasteiger partial charge in [-0.2, -0.15) is 0 Å². The Labute approximate surface area is 264 Å². The van der Waals surface area contributed by atoms with Gasteiger partial charge in [0.2, 0.25) is 0 Å². The highest BCUT2D eigenvalue weighted by atomic mass is 19.1. The molecule has 2 saturated heterocycles. The van der Waals surface area contributed by atoms with E-state index in [0.717, 1.165) is 50.2 Å². The second kappa shape index (κ2) is 14.0. The molecule has 13 heteroatoms. The van der Waals surface area contributed by atoms with Gasteiger partial charge in [-0.3, -0.25) is 14.8 Å². The second-order valence-electron chi connectivity index (χ2n) is 10.7. The highest BCUT2D eigenvalue weighted by molar-refractivity contribution is 6.08. The number of hydrogen-bond acceptors (Lipinski definition) is 8. The normalized spacial score (nSPS) is 15.3. The number of ether oxygens (including phenoxy) is 4. The molecular weight excluding hydrogens is 600 g/mol. The molecule has 4 aromatic rings.